The van der Waals surface area contributed by atoms with E-state index in [0.29, 0.717) is 20.9 Å². The van der Waals surface area contributed by atoms with Gasteiger partial charge in [-0.1, -0.05) is 35.0 Å². The molecule has 2 heterocycles. The predicted molar refractivity (Wildman–Crippen MR) is 104 cm³/mol. The lowest BCUT2D eigenvalue weighted by atomic mass is 10.1. The second-order valence-corrected chi connectivity index (χ2v) is 10.2. The van der Waals surface area contributed by atoms with Crippen molar-refractivity contribution < 1.29 is 13.2 Å². The quantitative estimate of drug-likeness (QED) is 0.747. The summed E-state index contributed by atoms with van der Waals surface area (Å²) in [4.78, 5) is 19.8. The molecule has 1 saturated heterocycles. The van der Waals surface area contributed by atoms with Crippen LogP contribution in [0.15, 0.2) is 23.2 Å². The summed E-state index contributed by atoms with van der Waals surface area (Å²) in [5.41, 5.74) is 0.686. The van der Waals surface area contributed by atoms with E-state index in [1.807, 2.05) is 4.90 Å². The van der Waals surface area contributed by atoms with Crippen LogP contribution < -0.4 is 4.90 Å². The molecule has 1 amide bonds. The summed E-state index contributed by atoms with van der Waals surface area (Å²) in [6.45, 7) is 0. The Bertz CT molecular complexity index is 822. The van der Waals surface area contributed by atoms with Crippen molar-refractivity contribution in [2.45, 2.75) is 12.1 Å². The smallest absolute Gasteiger partial charge is 0.232 e. The highest BCUT2D eigenvalue weighted by atomic mass is 35.5. The number of rotatable bonds is 3. The van der Waals surface area contributed by atoms with E-state index in [1.165, 1.54) is 16.7 Å². The van der Waals surface area contributed by atoms with Crippen LogP contribution in [0.3, 0.4) is 0 Å². The number of anilines is 1. The fourth-order valence-electron chi connectivity index (χ4n) is 2.87. The van der Waals surface area contributed by atoms with Crippen LogP contribution in [0.1, 0.15) is 0 Å². The predicted octanol–water partition coefficient (Wildman–Crippen LogP) is 2.16. The molecule has 1 fully saturated rings. The molecular formula is C15H17Cl2N3O3S2. The number of aliphatic imine (C=N–C) groups is 1. The van der Waals surface area contributed by atoms with Gasteiger partial charge in [-0.3, -0.25) is 9.79 Å². The zero-order valence-corrected chi connectivity index (χ0v) is 16.8. The van der Waals surface area contributed by atoms with E-state index in [0.717, 1.165) is 0 Å². The largest absolute Gasteiger partial charge is 0.348 e. The molecule has 10 heteroatoms. The van der Waals surface area contributed by atoms with Crippen molar-refractivity contribution in [2.24, 2.45) is 4.99 Å². The highest BCUT2D eigenvalue weighted by molar-refractivity contribution is 8.14. The number of hydrogen-bond donors (Lipinski definition) is 0. The first-order valence-electron chi connectivity index (χ1n) is 7.53. The Morgan fingerprint density at radius 2 is 1.92 bits per heavy atom. The fraction of sp³-hybridized carbons (Fsp3) is 0.467. The molecule has 0 spiro atoms. The van der Waals surface area contributed by atoms with Gasteiger partial charge in [0.25, 0.3) is 0 Å². The molecule has 0 aromatic heterocycles. The van der Waals surface area contributed by atoms with Crippen molar-refractivity contribution >= 4 is 61.6 Å². The maximum Gasteiger partial charge on any atom is 0.232 e. The lowest BCUT2D eigenvalue weighted by Gasteiger charge is -2.27. The molecule has 25 heavy (non-hydrogen) atoms. The zero-order valence-electron chi connectivity index (χ0n) is 13.6. The number of carbonyl (C=O) groups excluding carboxylic acids is 1. The number of carbonyl (C=O) groups is 1. The van der Waals surface area contributed by atoms with Gasteiger partial charge in [0.2, 0.25) is 5.91 Å². The molecule has 2 unspecified atom stereocenters. The first kappa shape index (κ1) is 18.8. The SMILES string of the molecule is CN(C)C(=O)CSC1=NC2CS(=O)(=O)CC2N1c1cc(Cl)cc(Cl)c1. The van der Waals surface area contributed by atoms with Crippen LogP contribution in [0.25, 0.3) is 0 Å². The van der Waals surface area contributed by atoms with E-state index in [-0.39, 0.29) is 35.2 Å². The van der Waals surface area contributed by atoms with Crippen LogP contribution in [0, 0.1) is 0 Å². The minimum atomic E-state index is -3.13. The molecule has 6 nitrogen and oxygen atoms in total. The molecule has 0 aliphatic carbocycles. The fourth-order valence-corrected chi connectivity index (χ4v) is 6.33. The van der Waals surface area contributed by atoms with Gasteiger partial charge in [-0.2, -0.15) is 0 Å². The van der Waals surface area contributed by atoms with Gasteiger partial charge in [0.05, 0.1) is 29.3 Å². The Morgan fingerprint density at radius 3 is 2.52 bits per heavy atom. The molecule has 0 bridgehead atoms. The Kier molecular flexibility index (Phi) is 5.26. The van der Waals surface area contributed by atoms with Crippen molar-refractivity contribution in [2.75, 3.05) is 36.3 Å². The monoisotopic (exact) mass is 421 g/mol. The van der Waals surface area contributed by atoms with Gasteiger partial charge in [-0.15, -0.1) is 0 Å². The van der Waals surface area contributed by atoms with Crippen LogP contribution in [0.4, 0.5) is 5.69 Å². The number of benzene rings is 1. The van der Waals surface area contributed by atoms with Gasteiger partial charge in [-0.25, -0.2) is 8.42 Å². The second kappa shape index (κ2) is 6.98. The minimum Gasteiger partial charge on any atom is -0.348 e. The van der Waals surface area contributed by atoms with Gasteiger partial charge < -0.3 is 9.80 Å². The third-order valence-electron chi connectivity index (χ3n) is 4.06. The highest BCUT2D eigenvalue weighted by Gasteiger charge is 2.47. The normalized spacial score (nSPS) is 24.2. The van der Waals surface area contributed by atoms with E-state index in [1.54, 1.807) is 32.3 Å². The van der Waals surface area contributed by atoms with Crippen molar-refractivity contribution in [3.8, 4) is 0 Å². The Labute approximate surface area is 161 Å². The summed E-state index contributed by atoms with van der Waals surface area (Å²) in [7, 11) is 0.245. The summed E-state index contributed by atoms with van der Waals surface area (Å²) >= 11 is 13.5. The molecule has 0 saturated carbocycles. The maximum atomic E-state index is 12.0. The number of fused-ring (bicyclic) bond motifs is 1. The third kappa shape index (κ3) is 4.07. The molecule has 0 radical (unpaired) electrons. The minimum absolute atomic E-state index is 0.0220. The Balaban J connectivity index is 1.92. The first-order valence-corrected chi connectivity index (χ1v) is 11.1. The number of amides is 1. The number of thioether (sulfide) groups is 1. The van der Waals surface area contributed by atoms with Crippen LogP contribution in [0.2, 0.25) is 10.0 Å². The summed E-state index contributed by atoms with van der Waals surface area (Å²) in [5.74, 6) is 0.231. The molecule has 1 aromatic rings. The average Bonchev–Trinajstić information content (AvgIpc) is 2.94. The summed E-state index contributed by atoms with van der Waals surface area (Å²) in [6, 6.07) is 4.44. The molecule has 2 aliphatic rings. The summed E-state index contributed by atoms with van der Waals surface area (Å²) in [5, 5.41) is 1.54. The number of halogens is 2. The van der Waals surface area contributed by atoms with Crippen molar-refractivity contribution in [3.05, 3.63) is 28.2 Å². The van der Waals surface area contributed by atoms with Crippen LogP contribution >= 0.6 is 35.0 Å². The molecular weight excluding hydrogens is 405 g/mol. The molecule has 0 N–H and O–H groups in total. The molecule has 3 rings (SSSR count). The summed E-state index contributed by atoms with van der Waals surface area (Å²) in [6.07, 6.45) is 0. The van der Waals surface area contributed by atoms with E-state index in [4.69, 9.17) is 23.2 Å². The van der Waals surface area contributed by atoms with Gasteiger partial charge in [-0.05, 0) is 18.2 Å². The van der Waals surface area contributed by atoms with E-state index in [9.17, 15) is 13.2 Å². The van der Waals surface area contributed by atoms with Gasteiger partial charge in [0, 0.05) is 29.8 Å². The van der Waals surface area contributed by atoms with Gasteiger partial charge in [0.1, 0.15) is 0 Å². The molecule has 2 aliphatic heterocycles. The van der Waals surface area contributed by atoms with Gasteiger partial charge in [0.15, 0.2) is 15.0 Å². The van der Waals surface area contributed by atoms with Crippen LogP contribution in [-0.4, -0.2) is 67.8 Å². The lowest BCUT2D eigenvalue weighted by molar-refractivity contribution is -0.125. The third-order valence-corrected chi connectivity index (χ3v) is 7.14. The topological polar surface area (TPSA) is 70.0 Å². The Hall–Kier alpha value is -0.960. The van der Waals surface area contributed by atoms with Gasteiger partial charge >= 0.3 is 0 Å². The maximum absolute atomic E-state index is 12.0. The standard InChI is InChI=1S/C15H17Cl2N3O3S2/c1-19(2)14(21)6-24-15-18-12-7-25(22,23)8-13(12)20(15)11-4-9(16)3-10(17)5-11/h3-5,12-13H,6-8H2,1-2H3. The van der Waals surface area contributed by atoms with E-state index in [2.05, 4.69) is 4.99 Å². The van der Waals surface area contributed by atoms with Crippen molar-refractivity contribution in [1.29, 1.82) is 0 Å². The molecule has 136 valence electrons. The lowest BCUT2D eigenvalue weighted by Crippen LogP contribution is -2.39. The number of nitrogens with zero attached hydrogens (tertiary/aromatic N) is 3. The number of hydrogen-bond acceptors (Lipinski definition) is 6. The van der Waals surface area contributed by atoms with E-state index >= 15 is 0 Å². The molecule has 2 atom stereocenters. The van der Waals surface area contributed by atoms with Crippen LogP contribution in [0.5, 0.6) is 0 Å². The number of amidine groups is 1. The summed E-state index contributed by atoms with van der Waals surface area (Å²) < 4.78 is 24.0. The first-order chi connectivity index (χ1) is 11.7. The Morgan fingerprint density at radius 1 is 1.28 bits per heavy atom. The van der Waals surface area contributed by atoms with Crippen molar-refractivity contribution in [1.82, 2.24) is 4.90 Å². The van der Waals surface area contributed by atoms with E-state index < -0.39 is 9.84 Å². The number of sulfone groups is 1. The van der Waals surface area contributed by atoms with Crippen LogP contribution in [-0.2, 0) is 14.6 Å². The zero-order chi connectivity index (χ0) is 18.4. The average molecular weight is 422 g/mol. The highest BCUT2D eigenvalue weighted by Crippen LogP contribution is 2.37. The molecule has 1 aromatic carbocycles. The van der Waals surface area contributed by atoms with Crippen molar-refractivity contribution in [3.63, 3.8) is 0 Å². The second-order valence-electron chi connectivity index (χ2n) is 6.20.